The molecular weight excluding hydrogens is 268 g/mol. The highest BCUT2D eigenvalue weighted by Gasteiger charge is 2.37. The molecular formula is C8H7F6N3O. The van der Waals surface area contributed by atoms with Gasteiger partial charge in [0.25, 0.3) is 0 Å². The number of hydrogen-bond acceptors (Lipinski definition) is 4. The zero-order chi connectivity index (χ0) is 14.1. The first-order valence-corrected chi connectivity index (χ1v) is 4.37. The van der Waals surface area contributed by atoms with Crippen molar-refractivity contribution in [3.8, 4) is 5.88 Å². The second kappa shape index (κ2) is 4.52. The minimum Gasteiger partial charge on any atom is -0.387 e. The molecule has 0 unspecified atom stereocenters. The lowest BCUT2D eigenvalue weighted by Gasteiger charge is -2.15. The molecule has 0 atom stereocenters. The summed E-state index contributed by atoms with van der Waals surface area (Å²) < 4.78 is 76.5. The third kappa shape index (κ3) is 3.39. The van der Waals surface area contributed by atoms with E-state index in [1.807, 2.05) is 0 Å². The number of nitrogen functional groups attached to an aromatic ring is 1. The molecule has 0 saturated heterocycles. The van der Waals surface area contributed by atoms with Crippen molar-refractivity contribution < 1.29 is 31.1 Å². The number of nitrogens with zero attached hydrogens (tertiary/aromatic N) is 1. The average molecular weight is 275 g/mol. The van der Waals surface area contributed by atoms with Gasteiger partial charge in [0.15, 0.2) is 0 Å². The highest BCUT2D eigenvalue weighted by molar-refractivity contribution is 5.47. The van der Waals surface area contributed by atoms with Crippen LogP contribution in [0.4, 0.5) is 32.2 Å². The van der Waals surface area contributed by atoms with Gasteiger partial charge in [0.1, 0.15) is 5.82 Å². The number of alkyl halides is 6. The summed E-state index contributed by atoms with van der Waals surface area (Å²) in [5.41, 5.74) is 8.06. The van der Waals surface area contributed by atoms with Gasteiger partial charge < -0.3 is 16.2 Å². The zero-order valence-corrected chi connectivity index (χ0v) is 8.56. The van der Waals surface area contributed by atoms with E-state index >= 15 is 0 Å². The van der Waals surface area contributed by atoms with Gasteiger partial charge in [0, 0.05) is 12.1 Å². The Kier molecular flexibility index (Phi) is 3.60. The van der Waals surface area contributed by atoms with Gasteiger partial charge in [-0.15, -0.1) is 13.2 Å². The first kappa shape index (κ1) is 14.4. The molecule has 1 heterocycles. The van der Waals surface area contributed by atoms with Crippen LogP contribution in [0.1, 0.15) is 11.1 Å². The van der Waals surface area contributed by atoms with Crippen molar-refractivity contribution in [2.24, 2.45) is 5.73 Å². The number of anilines is 1. The van der Waals surface area contributed by atoms with E-state index in [4.69, 9.17) is 11.5 Å². The Morgan fingerprint density at radius 2 is 1.72 bits per heavy atom. The van der Waals surface area contributed by atoms with Crippen LogP contribution in [-0.2, 0) is 12.7 Å². The largest absolute Gasteiger partial charge is 0.574 e. The van der Waals surface area contributed by atoms with E-state index in [2.05, 4.69) is 9.72 Å². The second-order valence-electron chi connectivity index (χ2n) is 3.14. The minimum atomic E-state index is -5.09. The predicted molar refractivity (Wildman–Crippen MR) is 48.2 cm³/mol. The molecule has 10 heteroatoms. The van der Waals surface area contributed by atoms with Crippen LogP contribution in [0.5, 0.6) is 5.88 Å². The van der Waals surface area contributed by atoms with Gasteiger partial charge in [-0.3, -0.25) is 0 Å². The van der Waals surface area contributed by atoms with Crippen molar-refractivity contribution in [3.63, 3.8) is 0 Å². The molecule has 0 fully saturated rings. The van der Waals surface area contributed by atoms with Gasteiger partial charge >= 0.3 is 12.5 Å². The molecule has 18 heavy (non-hydrogen) atoms. The second-order valence-corrected chi connectivity index (χ2v) is 3.14. The van der Waals surface area contributed by atoms with Crippen LogP contribution in [-0.4, -0.2) is 11.3 Å². The molecule has 0 aromatic carbocycles. The lowest BCUT2D eigenvalue weighted by Crippen LogP contribution is -2.21. The molecule has 4 nitrogen and oxygen atoms in total. The lowest BCUT2D eigenvalue weighted by atomic mass is 10.1. The molecule has 0 saturated carbocycles. The van der Waals surface area contributed by atoms with E-state index in [1.165, 1.54) is 0 Å². The molecule has 0 radical (unpaired) electrons. The summed E-state index contributed by atoms with van der Waals surface area (Å²) in [5, 5.41) is 0. The number of pyridine rings is 1. The van der Waals surface area contributed by atoms with Gasteiger partial charge in [0.2, 0.25) is 5.88 Å². The van der Waals surface area contributed by atoms with Crippen molar-refractivity contribution in [1.82, 2.24) is 4.98 Å². The van der Waals surface area contributed by atoms with Gasteiger partial charge in [0.05, 0.1) is 5.56 Å². The third-order valence-electron chi connectivity index (χ3n) is 1.83. The van der Waals surface area contributed by atoms with Crippen LogP contribution in [0.15, 0.2) is 6.07 Å². The number of ether oxygens (including phenoxy) is 1. The molecule has 102 valence electrons. The third-order valence-corrected chi connectivity index (χ3v) is 1.83. The fraction of sp³-hybridized carbons (Fsp3) is 0.375. The Labute approximate surface area is 96.5 Å². The Hall–Kier alpha value is -1.71. The van der Waals surface area contributed by atoms with Crippen LogP contribution < -0.4 is 16.2 Å². The van der Waals surface area contributed by atoms with Crippen molar-refractivity contribution in [2.75, 3.05) is 5.73 Å². The molecule has 0 aliphatic heterocycles. The smallest absolute Gasteiger partial charge is 0.387 e. The number of halogens is 6. The number of aromatic nitrogens is 1. The Balaban J connectivity index is 3.28. The number of nitrogens with two attached hydrogens (primary N) is 2. The van der Waals surface area contributed by atoms with Gasteiger partial charge in [-0.05, 0) is 6.07 Å². The molecule has 0 bridgehead atoms. The summed E-state index contributed by atoms with van der Waals surface area (Å²) in [6, 6.07) is 0.378. The first-order valence-electron chi connectivity index (χ1n) is 4.37. The maximum atomic E-state index is 12.4. The summed E-state index contributed by atoms with van der Waals surface area (Å²) in [6.45, 7) is -0.609. The van der Waals surface area contributed by atoms with E-state index in [9.17, 15) is 26.3 Å². The molecule has 0 aliphatic carbocycles. The summed E-state index contributed by atoms with van der Waals surface area (Å²) in [7, 11) is 0. The topological polar surface area (TPSA) is 74.2 Å². The Morgan fingerprint density at radius 3 is 2.11 bits per heavy atom. The molecule has 0 aliphatic rings. The first-order chi connectivity index (χ1) is 8.04. The summed E-state index contributed by atoms with van der Waals surface area (Å²) in [5.74, 6) is -2.20. The van der Waals surface area contributed by atoms with Crippen molar-refractivity contribution >= 4 is 5.82 Å². The van der Waals surface area contributed by atoms with Crippen LogP contribution >= 0.6 is 0 Å². The fourth-order valence-corrected chi connectivity index (χ4v) is 1.12. The van der Waals surface area contributed by atoms with Crippen LogP contribution in [0.25, 0.3) is 0 Å². The van der Waals surface area contributed by atoms with Crippen LogP contribution in [0, 0.1) is 0 Å². The molecule has 0 amide bonds. The maximum absolute atomic E-state index is 12.4. The maximum Gasteiger partial charge on any atom is 0.574 e. The van der Waals surface area contributed by atoms with E-state index in [0.717, 1.165) is 0 Å². The number of rotatable bonds is 2. The van der Waals surface area contributed by atoms with E-state index < -0.39 is 41.9 Å². The van der Waals surface area contributed by atoms with E-state index in [1.54, 1.807) is 0 Å². The van der Waals surface area contributed by atoms with Crippen LogP contribution in [0.2, 0.25) is 0 Å². The monoisotopic (exact) mass is 275 g/mol. The summed E-state index contributed by atoms with van der Waals surface area (Å²) >= 11 is 0. The van der Waals surface area contributed by atoms with Gasteiger partial charge in [-0.25, -0.2) is 0 Å². The zero-order valence-electron chi connectivity index (χ0n) is 8.56. The van der Waals surface area contributed by atoms with Crippen molar-refractivity contribution in [3.05, 3.63) is 17.2 Å². The van der Waals surface area contributed by atoms with Crippen LogP contribution in [0.3, 0.4) is 0 Å². The standard InChI is InChI=1S/C8H7F6N3O/c9-7(10,11)4-1-3(2-15)6(17-5(4)16)18-8(12,13)14/h1H,2,15H2,(H2,16,17). The predicted octanol–water partition coefficient (Wildman–Crippen LogP) is 2.04. The van der Waals surface area contributed by atoms with Gasteiger partial charge in [-0.2, -0.15) is 18.2 Å². The number of hydrogen-bond donors (Lipinski definition) is 2. The average Bonchev–Trinajstić information content (AvgIpc) is 2.13. The highest BCUT2D eigenvalue weighted by atomic mass is 19.4. The molecule has 0 spiro atoms. The summed E-state index contributed by atoms with van der Waals surface area (Å²) in [6.07, 6.45) is -9.93. The van der Waals surface area contributed by atoms with Crippen molar-refractivity contribution in [2.45, 2.75) is 19.1 Å². The quantitative estimate of drug-likeness (QED) is 0.810. The molecule has 1 aromatic heterocycles. The molecule has 1 rings (SSSR count). The molecule has 1 aromatic rings. The lowest BCUT2D eigenvalue weighted by molar-refractivity contribution is -0.276. The normalized spacial score (nSPS) is 12.6. The van der Waals surface area contributed by atoms with E-state index in [-0.39, 0.29) is 0 Å². The molecule has 4 N–H and O–H groups in total. The summed E-state index contributed by atoms with van der Waals surface area (Å²) in [4.78, 5) is 2.93. The Bertz CT molecular complexity index is 442. The minimum absolute atomic E-state index is 0.378. The SMILES string of the molecule is NCc1cc(C(F)(F)F)c(N)nc1OC(F)(F)F. The van der Waals surface area contributed by atoms with Gasteiger partial charge in [-0.1, -0.05) is 0 Å². The Morgan fingerprint density at radius 1 is 1.17 bits per heavy atom. The van der Waals surface area contributed by atoms with Crippen molar-refractivity contribution in [1.29, 1.82) is 0 Å². The fourth-order valence-electron chi connectivity index (χ4n) is 1.12. The van der Waals surface area contributed by atoms with E-state index in [0.29, 0.717) is 6.07 Å². The highest BCUT2D eigenvalue weighted by Crippen LogP contribution is 2.36.